The number of benzene rings is 2. The van der Waals surface area contributed by atoms with E-state index in [1.807, 2.05) is 12.1 Å². The zero-order valence-electron chi connectivity index (χ0n) is 12.7. The van der Waals surface area contributed by atoms with E-state index >= 15 is 0 Å². The number of ether oxygens (including phenoxy) is 2. The zero-order chi connectivity index (χ0) is 16.1. The van der Waals surface area contributed by atoms with Crippen LogP contribution in [0.1, 0.15) is 40.0 Å². The van der Waals surface area contributed by atoms with E-state index in [4.69, 9.17) is 9.47 Å². The van der Waals surface area contributed by atoms with Crippen LogP contribution in [-0.2, 0) is 9.47 Å². The Labute approximate surface area is 135 Å². The standard InChI is InChI=1S/C19H18O4/c20-18(14-7-3-1-4-8-14)22-16-11-12-17(13-16)23-19(21)15-9-5-2-6-10-15/h1-10,16-17H,11-13H2/t16-,17+. The molecule has 1 aliphatic rings. The van der Waals surface area contributed by atoms with Crippen molar-refractivity contribution in [2.24, 2.45) is 0 Å². The molecule has 0 aliphatic heterocycles. The maximum Gasteiger partial charge on any atom is 0.338 e. The SMILES string of the molecule is O=C(O[C@@H]1CC[C@H](OC(=O)c2ccccc2)C1)c1ccccc1. The van der Waals surface area contributed by atoms with Crippen LogP contribution in [0.25, 0.3) is 0 Å². The molecule has 1 saturated carbocycles. The van der Waals surface area contributed by atoms with E-state index in [9.17, 15) is 9.59 Å². The summed E-state index contributed by atoms with van der Waals surface area (Å²) in [7, 11) is 0. The molecule has 0 spiro atoms. The third kappa shape index (κ3) is 3.97. The topological polar surface area (TPSA) is 52.6 Å². The Balaban J connectivity index is 1.51. The Morgan fingerprint density at radius 3 is 1.48 bits per heavy atom. The predicted molar refractivity (Wildman–Crippen MR) is 85.1 cm³/mol. The minimum Gasteiger partial charge on any atom is -0.459 e. The lowest BCUT2D eigenvalue weighted by Gasteiger charge is -2.14. The first-order valence-corrected chi connectivity index (χ1v) is 7.74. The smallest absolute Gasteiger partial charge is 0.338 e. The molecule has 0 radical (unpaired) electrons. The van der Waals surface area contributed by atoms with Gasteiger partial charge in [0.05, 0.1) is 11.1 Å². The van der Waals surface area contributed by atoms with Gasteiger partial charge in [-0.25, -0.2) is 9.59 Å². The monoisotopic (exact) mass is 310 g/mol. The maximum absolute atomic E-state index is 12.0. The van der Waals surface area contributed by atoms with Crippen LogP contribution in [0, 0.1) is 0 Å². The highest BCUT2D eigenvalue weighted by Crippen LogP contribution is 2.26. The first-order valence-electron chi connectivity index (χ1n) is 7.74. The second-order valence-electron chi connectivity index (χ2n) is 5.60. The molecule has 1 aliphatic carbocycles. The molecular formula is C19H18O4. The Bertz CT molecular complexity index is 607. The summed E-state index contributed by atoms with van der Waals surface area (Å²) in [6.07, 6.45) is 1.58. The average molecular weight is 310 g/mol. The van der Waals surface area contributed by atoms with Crippen molar-refractivity contribution in [2.45, 2.75) is 31.5 Å². The van der Waals surface area contributed by atoms with Crippen LogP contribution in [0.3, 0.4) is 0 Å². The van der Waals surface area contributed by atoms with Crippen molar-refractivity contribution >= 4 is 11.9 Å². The minimum atomic E-state index is -0.328. The van der Waals surface area contributed by atoms with Gasteiger partial charge >= 0.3 is 11.9 Å². The fourth-order valence-corrected chi connectivity index (χ4v) is 2.70. The summed E-state index contributed by atoms with van der Waals surface area (Å²) in [5.74, 6) is -0.656. The molecule has 2 atom stereocenters. The summed E-state index contributed by atoms with van der Waals surface area (Å²) in [5.41, 5.74) is 1.08. The molecule has 0 unspecified atom stereocenters. The van der Waals surface area contributed by atoms with E-state index in [1.165, 1.54) is 0 Å². The van der Waals surface area contributed by atoms with Crippen molar-refractivity contribution in [3.63, 3.8) is 0 Å². The van der Waals surface area contributed by atoms with Crippen molar-refractivity contribution in [3.8, 4) is 0 Å². The normalized spacial score (nSPS) is 20.0. The number of hydrogen-bond donors (Lipinski definition) is 0. The third-order valence-corrected chi connectivity index (χ3v) is 3.90. The van der Waals surface area contributed by atoms with Crippen LogP contribution in [0.2, 0.25) is 0 Å². The van der Waals surface area contributed by atoms with Gasteiger partial charge in [0.15, 0.2) is 0 Å². The largest absolute Gasteiger partial charge is 0.459 e. The summed E-state index contributed by atoms with van der Waals surface area (Å²) in [5, 5.41) is 0. The molecular weight excluding hydrogens is 292 g/mol. The summed E-state index contributed by atoms with van der Waals surface area (Å²) in [4.78, 5) is 24.0. The minimum absolute atomic E-state index is 0.198. The molecule has 0 heterocycles. The molecule has 0 N–H and O–H groups in total. The molecule has 0 amide bonds. The summed E-state index contributed by atoms with van der Waals surface area (Å²) >= 11 is 0. The van der Waals surface area contributed by atoms with Crippen LogP contribution in [0.15, 0.2) is 60.7 Å². The molecule has 2 aromatic carbocycles. The lowest BCUT2D eigenvalue weighted by atomic mass is 10.2. The van der Waals surface area contributed by atoms with E-state index in [0.29, 0.717) is 30.4 Å². The summed E-state index contributed by atoms with van der Waals surface area (Å²) < 4.78 is 11.0. The van der Waals surface area contributed by atoms with Gasteiger partial charge in [0.25, 0.3) is 0 Å². The molecule has 3 rings (SSSR count). The molecule has 1 fully saturated rings. The Hall–Kier alpha value is -2.62. The van der Waals surface area contributed by atoms with Crippen LogP contribution in [0.5, 0.6) is 0 Å². The van der Waals surface area contributed by atoms with Gasteiger partial charge in [-0.2, -0.15) is 0 Å². The van der Waals surface area contributed by atoms with Crippen molar-refractivity contribution in [1.29, 1.82) is 0 Å². The summed E-state index contributed by atoms with van der Waals surface area (Å²) in [6.45, 7) is 0. The summed E-state index contributed by atoms with van der Waals surface area (Å²) in [6, 6.07) is 17.8. The first kappa shape index (κ1) is 15.3. The van der Waals surface area contributed by atoms with Crippen molar-refractivity contribution in [3.05, 3.63) is 71.8 Å². The Morgan fingerprint density at radius 1 is 0.696 bits per heavy atom. The van der Waals surface area contributed by atoms with Gasteiger partial charge in [-0.3, -0.25) is 0 Å². The number of esters is 2. The van der Waals surface area contributed by atoms with Gasteiger partial charge in [-0.05, 0) is 37.1 Å². The van der Waals surface area contributed by atoms with Crippen LogP contribution in [-0.4, -0.2) is 24.1 Å². The van der Waals surface area contributed by atoms with Gasteiger partial charge in [-0.1, -0.05) is 36.4 Å². The fraction of sp³-hybridized carbons (Fsp3) is 0.263. The van der Waals surface area contributed by atoms with Crippen molar-refractivity contribution < 1.29 is 19.1 Å². The molecule has 2 aromatic rings. The molecule has 0 saturated heterocycles. The van der Waals surface area contributed by atoms with E-state index in [1.54, 1.807) is 48.5 Å². The zero-order valence-corrected chi connectivity index (χ0v) is 12.7. The quantitative estimate of drug-likeness (QED) is 0.809. The molecule has 4 heteroatoms. The van der Waals surface area contributed by atoms with Gasteiger partial charge < -0.3 is 9.47 Å². The van der Waals surface area contributed by atoms with Crippen LogP contribution < -0.4 is 0 Å². The lowest BCUT2D eigenvalue weighted by Crippen LogP contribution is -2.19. The number of rotatable bonds is 4. The highest BCUT2D eigenvalue weighted by Gasteiger charge is 2.30. The Kier molecular flexibility index (Phi) is 4.71. The predicted octanol–water partition coefficient (Wildman–Crippen LogP) is 3.62. The lowest BCUT2D eigenvalue weighted by molar-refractivity contribution is 0.0192. The molecule has 4 nitrogen and oxygen atoms in total. The number of carbonyl (C=O) groups is 2. The number of carbonyl (C=O) groups excluding carboxylic acids is 2. The van der Waals surface area contributed by atoms with E-state index in [0.717, 1.165) is 0 Å². The van der Waals surface area contributed by atoms with E-state index < -0.39 is 0 Å². The highest BCUT2D eigenvalue weighted by atomic mass is 16.6. The van der Waals surface area contributed by atoms with Crippen molar-refractivity contribution in [1.82, 2.24) is 0 Å². The molecule has 0 aromatic heterocycles. The number of hydrogen-bond acceptors (Lipinski definition) is 4. The van der Waals surface area contributed by atoms with E-state index in [-0.39, 0.29) is 24.1 Å². The highest BCUT2D eigenvalue weighted by molar-refractivity contribution is 5.90. The fourth-order valence-electron chi connectivity index (χ4n) is 2.70. The third-order valence-electron chi connectivity index (χ3n) is 3.90. The van der Waals surface area contributed by atoms with Gasteiger partial charge in [0.2, 0.25) is 0 Å². The van der Waals surface area contributed by atoms with Crippen LogP contribution >= 0.6 is 0 Å². The second kappa shape index (κ2) is 7.09. The second-order valence-corrected chi connectivity index (χ2v) is 5.60. The average Bonchev–Trinajstić information content (AvgIpc) is 3.03. The molecule has 118 valence electrons. The Morgan fingerprint density at radius 2 is 1.09 bits per heavy atom. The van der Waals surface area contributed by atoms with E-state index in [2.05, 4.69) is 0 Å². The molecule has 23 heavy (non-hydrogen) atoms. The van der Waals surface area contributed by atoms with Gasteiger partial charge in [0, 0.05) is 6.42 Å². The molecule has 0 bridgehead atoms. The van der Waals surface area contributed by atoms with Crippen molar-refractivity contribution in [2.75, 3.05) is 0 Å². The van der Waals surface area contributed by atoms with Crippen LogP contribution in [0.4, 0.5) is 0 Å². The maximum atomic E-state index is 12.0. The van der Waals surface area contributed by atoms with Gasteiger partial charge in [0.1, 0.15) is 12.2 Å². The van der Waals surface area contributed by atoms with Gasteiger partial charge in [-0.15, -0.1) is 0 Å². The first-order chi connectivity index (χ1) is 11.2.